The van der Waals surface area contributed by atoms with Gasteiger partial charge in [0.15, 0.2) is 0 Å². The monoisotopic (exact) mass is 826 g/mol. The molecule has 0 aliphatic carbocycles. The summed E-state index contributed by atoms with van der Waals surface area (Å²) in [7, 11) is 0. The Morgan fingerprint density at radius 3 is 1.62 bits per heavy atom. The molecular weight excluding hydrogens is 767 g/mol. The third-order valence-electron chi connectivity index (χ3n) is 9.48. The van der Waals surface area contributed by atoms with E-state index in [1.807, 2.05) is 0 Å². The van der Waals surface area contributed by atoms with Gasteiger partial charge in [0.2, 0.25) is 0 Å². The standard InChI is InChI=1S/C24H29.C22H25.2CH3.2ClH.Si.Zr/c1-6-7-8-18-11-14-21(23-16-17(2)15-22(18)23)19-9-12-20(13-10-19)24(3,4)5;1-15(2)18-13-17-7-6-8-20(21(17)14-18)16-9-11-19(12-10-16)22(3,4)5;;;;;;/h9-16H,6-8H2,1-5H3;6-15H,1-5H3;2*1H3;2*1H;;/q4*-1;;;;. The zero-order chi connectivity index (χ0) is 35.2. The minimum absolute atomic E-state index is 0. The summed E-state index contributed by atoms with van der Waals surface area (Å²) in [5.74, 6) is 0.573. The fourth-order valence-corrected chi connectivity index (χ4v) is 6.48. The fourth-order valence-electron chi connectivity index (χ4n) is 6.48. The molecule has 0 atom stereocenters. The van der Waals surface area contributed by atoms with Crippen LogP contribution in [0.5, 0.6) is 0 Å². The van der Waals surface area contributed by atoms with E-state index < -0.39 is 0 Å². The Morgan fingerprint density at radius 1 is 0.654 bits per heavy atom. The zero-order valence-electron chi connectivity index (χ0n) is 33.8. The first kappa shape index (κ1) is 49.8. The molecule has 0 heterocycles. The van der Waals surface area contributed by atoms with Gasteiger partial charge in [0.25, 0.3) is 0 Å². The molecule has 0 amide bonds. The summed E-state index contributed by atoms with van der Waals surface area (Å²) in [5, 5.41) is 5.57. The van der Waals surface area contributed by atoms with E-state index in [4.69, 9.17) is 0 Å². The topological polar surface area (TPSA) is 0 Å². The second-order valence-corrected chi connectivity index (χ2v) is 15.6. The van der Waals surface area contributed by atoms with Crippen LogP contribution in [0.3, 0.4) is 0 Å². The fraction of sp³-hybridized carbons (Fsp3) is 0.333. The Bertz CT molecular complexity index is 1930. The quantitative estimate of drug-likeness (QED) is 0.116. The molecule has 6 aromatic rings. The number of hydrogen-bond donors (Lipinski definition) is 0. The van der Waals surface area contributed by atoms with E-state index in [1.54, 1.807) is 0 Å². The van der Waals surface area contributed by atoms with Crippen LogP contribution in [0, 0.1) is 21.8 Å². The van der Waals surface area contributed by atoms with E-state index in [0.717, 1.165) is 0 Å². The van der Waals surface area contributed by atoms with Gasteiger partial charge in [-0.15, -0.1) is 93.4 Å². The molecule has 0 spiro atoms. The number of aryl methyl sites for hydroxylation is 2. The maximum atomic E-state index is 3.06. The number of rotatable bonds is 6. The maximum absolute atomic E-state index is 3.06. The molecule has 0 saturated heterocycles. The summed E-state index contributed by atoms with van der Waals surface area (Å²) in [6.07, 6.45) is 3.69. The van der Waals surface area contributed by atoms with Gasteiger partial charge in [-0.1, -0.05) is 160 Å². The second kappa shape index (κ2) is 21.6. The second-order valence-electron chi connectivity index (χ2n) is 15.6. The van der Waals surface area contributed by atoms with Crippen molar-refractivity contribution in [2.75, 3.05) is 0 Å². The Kier molecular flexibility index (Phi) is 20.7. The van der Waals surface area contributed by atoms with E-state index >= 15 is 0 Å². The Labute approximate surface area is 347 Å². The first-order chi connectivity index (χ1) is 22.8. The van der Waals surface area contributed by atoms with Crippen molar-refractivity contribution in [1.29, 1.82) is 0 Å². The van der Waals surface area contributed by atoms with Crippen molar-refractivity contribution in [1.82, 2.24) is 0 Å². The molecule has 0 unspecified atom stereocenters. The van der Waals surface area contributed by atoms with E-state index in [-0.39, 0.29) is 50.5 Å². The number of halogens is 2. The van der Waals surface area contributed by atoms with E-state index in [0.29, 0.717) is 5.92 Å². The minimum atomic E-state index is 0. The molecule has 0 aliphatic rings. The molecule has 0 fully saturated rings. The van der Waals surface area contributed by atoms with Crippen LogP contribution in [0.1, 0.15) is 109 Å². The summed E-state index contributed by atoms with van der Waals surface area (Å²) in [6, 6.07) is 38.8. The predicted molar refractivity (Wildman–Crippen MR) is 238 cm³/mol. The van der Waals surface area contributed by atoms with Crippen LogP contribution in [0.4, 0.5) is 0 Å². The van der Waals surface area contributed by atoms with Crippen molar-refractivity contribution in [3.05, 3.63) is 146 Å². The Hall–Kier alpha value is -2.22. The predicted octanol–water partition coefficient (Wildman–Crippen LogP) is 15.2. The number of fused-ring (bicyclic) bond motifs is 2. The van der Waals surface area contributed by atoms with Crippen molar-refractivity contribution in [2.24, 2.45) is 0 Å². The molecule has 0 aliphatic heterocycles. The third-order valence-corrected chi connectivity index (χ3v) is 9.48. The van der Waals surface area contributed by atoms with E-state index in [9.17, 15) is 0 Å². The zero-order valence-corrected chi connectivity index (χ0v) is 38.9. The van der Waals surface area contributed by atoms with Crippen molar-refractivity contribution in [3.63, 3.8) is 0 Å². The molecule has 0 aromatic heterocycles. The summed E-state index contributed by atoms with van der Waals surface area (Å²) in [4.78, 5) is 0. The van der Waals surface area contributed by atoms with Gasteiger partial charge in [0.1, 0.15) is 0 Å². The number of hydrogen-bond acceptors (Lipinski definition) is 0. The Morgan fingerprint density at radius 2 is 1.15 bits per heavy atom. The van der Waals surface area contributed by atoms with Crippen molar-refractivity contribution in [3.8, 4) is 22.3 Å². The average Bonchev–Trinajstić information content (AvgIpc) is 3.68. The molecule has 2 radical (unpaired) electrons. The van der Waals surface area contributed by atoms with E-state index in [2.05, 4.69) is 179 Å². The Balaban J connectivity index is 0.000000892. The summed E-state index contributed by atoms with van der Waals surface area (Å²) < 4.78 is 0. The number of benzene rings is 4. The van der Waals surface area contributed by atoms with Gasteiger partial charge in [-0.2, -0.15) is 12.1 Å². The van der Waals surface area contributed by atoms with Crippen LogP contribution < -0.4 is 0 Å². The van der Waals surface area contributed by atoms with Crippen molar-refractivity contribution >= 4 is 53.2 Å². The third kappa shape index (κ3) is 12.1. The molecular formula is C48H62Cl2SiZr-4. The summed E-state index contributed by atoms with van der Waals surface area (Å²) >= 11 is 1.36. The van der Waals surface area contributed by atoms with E-state index in [1.165, 1.54) is 114 Å². The molecule has 6 aromatic carbocycles. The van der Waals surface area contributed by atoms with Crippen LogP contribution in [-0.2, 0) is 40.6 Å². The van der Waals surface area contributed by atoms with Crippen LogP contribution >= 0.6 is 24.8 Å². The van der Waals surface area contributed by atoms with Gasteiger partial charge < -0.3 is 14.9 Å². The van der Waals surface area contributed by atoms with Gasteiger partial charge in [-0.25, -0.2) is 0 Å². The summed E-state index contributed by atoms with van der Waals surface area (Å²) in [6.45, 7) is 25.6. The number of unbranched alkanes of at least 4 members (excludes halogenated alkanes) is 1. The molecule has 0 bridgehead atoms. The molecule has 52 heavy (non-hydrogen) atoms. The molecule has 0 saturated carbocycles. The van der Waals surface area contributed by atoms with Crippen molar-refractivity contribution in [2.45, 2.75) is 105 Å². The van der Waals surface area contributed by atoms with Gasteiger partial charge in [0, 0.05) is 0 Å². The van der Waals surface area contributed by atoms with Crippen LogP contribution in [0.2, 0.25) is 0 Å². The van der Waals surface area contributed by atoms with Gasteiger partial charge in [-0.05, 0) is 39.0 Å². The normalized spacial score (nSPS) is 10.8. The molecule has 0 nitrogen and oxygen atoms in total. The molecule has 0 N–H and O–H groups in total. The first-order valence-corrected chi connectivity index (χ1v) is 21.8. The molecule has 4 heteroatoms. The molecule has 280 valence electrons. The van der Waals surface area contributed by atoms with Crippen LogP contribution in [0.25, 0.3) is 43.8 Å². The van der Waals surface area contributed by atoms with Crippen LogP contribution in [-0.4, -0.2) is 6.88 Å². The van der Waals surface area contributed by atoms with Gasteiger partial charge in [0.05, 0.1) is 0 Å². The average molecular weight is 829 g/mol. The molecule has 6 rings (SSSR count). The summed E-state index contributed by atoms with van der Waals surface area (Å²) in [5.41, 5.74) is 12.8. The van der Waals surface area contributed by atoms with Gasteiger partial charge >= 0.3 is 30.2 Å². The van der Waals surface area contributed by atoms with Crippen molar-refractivity contribution < 1.29 is 23.3 Å². The first-order valence-electron chi connectivity index (χ1n) is 17.6. The SMILES string of the molecule is CC(C)c1cc2c(-c3ccc(C(C)(C)C)cc3)cccc2[cH-]1.CCCCc1ccc(-c2ccc(C(C)(C)C)cc2)c2cc(C)[cH-]c12.Cl.Cl.[CH3-].[CH3-].[Si]=[Zr]. The van der Waals surface area contributed by atoms with Crippen LogP contribution in [0.15, 0.2) is 103 Å². The van der Waals surface area contributed by atoms with Gasteiger partial charge in [-0.3, -0.25) is 0 Å².